The van der Waals surface area contributed by atoms with Crippen molar-refractivity contribution in [3.05, 3.63) is 45.7 Å². The van der Waals surface area contributed by atoms with Gasteiger partial charge in [-0.2, -0.15) is 0 Å². The first kappa shape index (κ1) is 9.41. The Balaban J connectivity index is 2.23. The Morgan fingerprint density at radius 3 is 2.86 bits per heavy atom. The molecule has 0 aromatic carbocycles. The van der Waals surface area contributed by atoms with Crippen LogP contribution < -0.4 is 0 Å². The minimum atomic E-state index is 0.201. The lowest BCUT2D eigenvalue weighted by Gasteiger charge is -2.05. The second-order valence-electron chi connectivity index (χ2n) is 3.40. The lowest BCUT2D eigenvalue weighted by Crippen LogP contribution is -2.02. The third-order valence-corrected chi connectivity index (χ3v) is 3.27. The maximum absolute atomic E-state index is 11.9. The molecule has 0 radical (unpaired) electrons. The van der Waals surface area contributed by atoms with Crippen LogP contribution in [0.15, 0.2) is 35.9 Å². The molecule has 72 valence electrons. The molecule has 14 heavy (non-hydrogen) atoms. The minimum Gasteiger partial charge on any atom is -0.288 e. The summed E-state index contributed by atoms with van der Waals surface area (Å²) >= 11 is 1.58. The predicted octanol–water partition coefficient (Wildman–Crippen LogP) is 3.52. The van der Waals surface area contributed by atoms with Crippen molar-refractivity contribution < 1.29 is 4.79 Å². The number of rotatable bonds is 2. The Labute approximate surface area is 87.8 Å². The molecule has 1 heterocycles. The van der Waals surface area contributed by atoms with E-state index in [-0.39, 0.29) is 5.78 Å². The third kappa shape index (κ3) is 1.85. The molecule has 1 aromatic rings. The second kappa shape index (κ2) is 3.93. The van der Waals surface area contributed by atoms with Crippen molar-refractivity contribution in [1.29, 1.82) is 0 Å². The van der Waals surface area contributed by atoms with Crippen LogP contribution >= 0.6 is 11.3 Å². The van der Waals surface area contributed by atoms with Gasteiger partial charge in [0, 0.05) is 10.5 Å². The Morgan fingerprint density at radius 2 is 2.29 bits per heavy atom. The smallest absolute Gasteiger partial charge is 0.198 e. The van der Waals surface area contributed by atoms with Gasteiger partial charge in [0.1, 0.15) is 0 Å². The van der Waals surface area contributed by atoms with Crippen LogP contribution in [0.2, 0.25) is 0 Å². The molecule has 0 fully saturated rings. The highest BCUT2D eigenvalue weighted by Gasteiger charge is 2.13. The number of hydrogen-bond donors (Lipinski definition) is 0. The summed E-state index contributed by atoms with van der Waals surface area (Å²) in [5.74, 6) is 0.201. The van der Waals surface area contributed by atoms with Crippen LogP contribution in [-0.4, -0.2) is 5.78 Å². The fraction of sp³-hybridized carbons (Fsp3) is 0.250. The molecule has 0 N–H and O–H groups in total. The standard InChI is InChI=1S/C12H12OS/c1-9-7-8-11(14-9)12(13)10-5-3-2-4-6-10/h2-3,5,7-8H,4,6H2,1H3. The molecule has 1 aliphatic carbocycles. The van der Waals surface area contributed by atoms with Crippen molar-refractivity contribution in [1.82, 2.24) is 0 Å². The number of hydrogen-bond acceptors (Lipinski definition) is 2. The molecule has 1 aromatic heterocycles. The number of carbonyl (C=O) groups is 1. The van der Waals surface area contributed by atoms with Crippen LogP contribution in [0.3, 0.4) is 0 Å². The topological polar surface area (TPSA) is 17.1 Å². The summed E-state index contributed by atoms with van der Waals surface area (Å²) in [4.78, 5) is 14.0. The molecule has 0 spiro atoms. The Bertz CT molecular complexity index is 410. The molecule has 0 atom stereocenters. The molecule has 2 heteroatoms. The summed E-state index contributed by atoms with van der Waals surface area (Å²) in [6.45, 7) is 2.02. The molecular weight excluding hydrogens is 192 g/mol. The van der Waals surface area contributed by atoms with Crippen LogP contribution in [0, 0.1) is 6.92 Å². The first-order valence-electron chi connectivity index (χ1n) is 4.74. The first-order chi connectivity index (χ1) is 6.77. The molecule has 0 amide bonds. The monoisotopic (exact) mass is 204 g/mol. The fourth-order valence-corrected chi connectivity index (χ4v) is 2.35. The van der Waals surface area contributed by atoms with Gasteiger partial charge in [-0.1, -0.05) is 18.2 Å². The van der Waals surface area contributed by atoms with Gasteiger partial charge in [0.2, 0.25) is 0 Å². The Kier molecular flexibility index (Phi) is 2.64. The molecule has 2 rings (SSSR count). The van der Waals surface area contributed by atoms with Crippen molar-refractivity contribution in [2.24, 2.45) is 0 Å². The molecular formula is C12H12OS. The third-order valence-electron chi connectivity index (χ3n) is 2.27. The molecule has 0 aliphatic heterocycles. The van der Waals surface area contributed by atoms with Gasteiger partial charge in [0.05, 0.1) is 4.88 Å². The Morgan fingerprint density at radius 1 is 1.43 bits per heavy atom. The molecule has 0 bridgehead atoms. The molecule has 1 aliphatic rings. The largest absolute Gasteiger partial charge is 0.288 e. The van der Waals surface area contributed by atoms with Gasteiger partial charge < -0.3 is 0 Å². The zero-order valence-corrected chi connectivity index (χ0v) is 8.93. The van der Waals surface area contributed by atoms with Crippen molar-refractivity contribution in [2.75, 3.05) is 0 Å². The quantitative estimate of drug-likeness (QED) is 0.674. The fourth-order valence-electron chi connectivity index (χ4n) is 1.51. The highest BCUT2D eigenvalue weighted by Crippen LogP contribution is 2.22. The molecule has 0 unspecified atom stereocenters. The zero-order valence-electron chi connectivity index (χ0n) is 8.12. The van der Waals surface area contributed by atoms with Crippen molar-refractivity contribution in [3.63, 3.8) is 0 Å². The average Bonchev–Trinajstić information content (AvgIpc) is 2.65. The highest BCUT2D eigenvalue weighted by molar-refractivity contribution is 7.14. The number of carbonyl (C=O) groups excluding carboxylic acids is 1. The second-order valence-corrected chi connectivity index (χ2v) is 4.69. The lowest BCUT2D eigenvalue weighted by molar-refractivity contribution is 0.103. The van der Waals surface area contributed by atoms with Gasteiger partial charge in [-0.05, 0) is 31.9 Å². The van der Waals surface area contributed by atoms with Gasteiger partial charge in [0.25, 0.3) is 0 Å². The summed E-state index contributed by atoms with van der Waals surface area (Å²) in [6, 6.07) is 3.92. The van der Waals surface area contributed by atoms with Crippen LogP contribution in [0.5, 0.6) is 0 Å². The van der Waals surface area contributed by atoms with Gasteiger partial charge in [-0.25, -0.2) is 0 Å². The van der Waals surface area contributed by atoms with Crippen molar-refractivity contribution >= 4 is 17.1 Å². The molecule has 0 saturated carbocycles. The van der Waals surface area contributed by atoms with E-state index in [0.717, 1.165) is 23.3 Å². The van der Waals surface area contributed by atoms with E-state index < -0.39 is 0 Å². The van der Waals surface area contributed by atoms with E-state index >= 15 is 0 Å². The maximum Gasteiger partial charge on any atom is 0.198 e. The molecule has 0 saturated heterocycles. The van der Waals surface area contributed by atoms with E-state index in [1.807, 2.05) is 31.2 Å². The van der Waals surface area contributed by atoms with E-state index in [2.05, 4.69) is 6.08 Å². The van der Waals surface area contributed by atoms with E-state index in [1.54, 1.807) is 11.3 Å². The lowest BCUT2D eigenvalue weighted by atomic mass is 10.0. The zero-order chi connectivity index (χ0) is 9.97. The van der Waals surface area contributed by atoms with Crippen LogP contribution in [0.1, 0.15) is 27.4 Å². The van der Waals surface area contributed by atoms with Crippen LogP contribution in [-0.2, 0) is 0 Å². The van der Waals surface area contributed by atoms with Crippen LogP contribution in [0.25, 0.3) is 0 Å². The summed E-state index contributed by atoms with van der Waals surface area (Å²) in [6.07, 6.45) is 7.86. The van der Waals surface area contributed by atoms with Crippen molar-refractivity contribution in [2.45, 2.75) is 19.8 Å². The van der Waals surface area contributed by atoms with Gasteiger partial charge in [0.15, 0.2) is 5.78 Å². The van der Waals surface area contributed by atoms with E-state index in [1.165, 1.54) is 4.88 Å². The summed E-state index contributed by atoms with van der Waals surface area (Å²) in [5.41, 5.74) is 0.939. The maximum atomic E-state index is 11.9. The van der Waals surface area contributed by atoms with E-state index in [9.17, 15) is 4.79 Å². The van der Waals surface area contributed by atoms with E-state index in [4.69, 9.17) is 0 Å². The summed E-state index contributed by atoms with van der Waals surface area (Å²) in [5, 5.41) is 0. The van der Waals surface area contributed by atoms with E-state index in [0.29, 0.717) is 0 Å². The van der Waals surface area contributed by atoms with Gasteiger partial charge in [-0.3, -0.25) is 4.79 Å². The number of Topliss-reactive ketones (excluding diaryl/α,β-unsaturated/α-hetero) is 1. The van der Waals surface area contributed by atoms with Crippen molar-refractivity contribution in [3.8, 4) is 0 Å². The number of thiophene rings is 1. The number of ketones is 1. The number of allylic oxidation sites excluding steroid dienone is 4. The first-order valence-corrected chi connectivity index (χ1v) is 5.56. The van der Waals surface area contributed by atoms with Gasteiger partial charge >= 0.3 is 0 Å². The highest BCUT2D eigenvalue weighted by atomic mass is 32.1. The average molecular weight is 204 g/mol. The summed E-state index contributed by atoms with van der Waals surface area (Å²) in [7, 11) is 0. The normalized spacial score (nSPS) is 15.4. The van der Waals surface area contributed by atoms with Crippen LogP contribution in [0.4, 0.5) is 0 Å². The SMILES string of the molecule is Cc1ccc(C(=O)C2=CC=CCC2)s1. The minimum absolute atomic E-state index is 0.201. The molecule has 1 nitrogen and oxygen atoms in total. The predicted molar refractivity (Wildman–Crippen MR) is 59.8 cm³/mol. The number of aryl methyl sites for hydroxylation is 1. The van der Waals surface area contributed by atoms with Gasteiger partial charge in [-0.15, -0.1) is 11.3 Å². The Hall–Kier alpha value is -1.15. The summed E-state index contributed by atoms with van der Waals surface area (Å²) < 4.78 is 0.